The van der Waals surface area contributed by atoms with Crippen LogP contribution >= 0.6 is 0 Å². The highest BCUT2D eigenvalue weighted by molar-refractivity contribution is 5.94. The van der Waals surface area contributed by atoms with Crippen molar-refractivity contribution in [2.24, 2.45) is 0 Å². The van der Waals surface area contributed by atoms with Crippen LogP contribution in [0.5, 0.6) is 0 Å². The molecule has 1 aromatic carbocycles. The fourth-order valence-electron chi connectivity index (χ4n) is 2.03. The molecular weight excluding hydrogens is 316 g/mol. The van der Waals surface area contributed by atoms with Crippen molar-refractivity contribution in [2.75, 3.05) is 0 Å². The maximum Gasteiger partial charge on any atom is 0.419 e. The monoisotopic (exact) mass is 330 g/mol. The van der Waals surface area contributed by atoms with Crippen LogP contribution in [0.2, 0.25) is 0 Å². The summed E-state index contributed by atoms with van der Waals surface area (Å²) in [6.45, 7) is 3.40. The van der Waals surface area contributed by atoms with Crippen molar-refractivity contribution >= 4 is 5.91 Å². The Hall–Kier alpha value is -2.45. The van der Waals surface area contributed by atoms with E-state index in [1.807, 2.05) is 0 Å². The first-order valence-corrected chi connectivity index (χ1v) is 6.79. The van der Waals surface area contributed by atoms with Crippen LogP contribution in [0.4, 0.5) is 17.6 Å². The van der Waals surface area contributed by atoms with Crippen LogP contribution in [-0.4, -0.2) is 21.1 Å². The number of hydrogen-bond donors (Lipinski definition) is 2. The minimum atomic E-state index is -4.87. The van der Waals surface area contributed by atoms with Gasteiger partial charge in [0.2, 0.25) is 0 Å². The quantitative estimate of drug-likeness (QED) is 0.846. The van der Waals surface area contributed by atoms with Gasteiger partial charge in [0.1, 0.15) is 11.6 Å². The highest BCUT2D eigenvalue weighted by Gasteiger charge is 2.36. The Morgan fingerprint density at radius 2 is 2.09 bits per heavy atom. The second kappa shape index (κ2) is 6.35. The highest BCUT2D eigenvalue weighted by atomic mass is 19.4. The van der Waals surface area contributed by atoms with E-state index in [1.165, 1.54) is 0 Å². The van der Waals surface area contributed by atoms with E-state index in [-0.39, 0.29) is 5.82 Å². The Labute approximate surface area is 129 Å². The molecule has 0 aliphatic carbocycles. The first-order valence-electron chi connectivity index (χ1n) is 6.79. The number of aryl methyl sites for hydroxylation is 1. The number of benzene rings is 1. The maximum absolute atomic E-state index is 14.0. The van der Waals surface area contributed by atoms with Gasteiger partial charge in [-0.2, -0.15) is 18.3 Å². The Bertz CT molecular complexity index is 711. The van der Waals surface area contributed by atoms with Gasteiger partial charge in [0.05, 0.1) is 17.2 Å². The molecule has 0 radical (unpaired) electrons. The van der Waals surface area contributed by atoms with Crippen LogP contribution in [0, 0.1) is 12.7 Å². The number of hydrogen-bond acceptors (Lipinski definition) is 3. The summed E-state index contributed by atoms with van der Waals surface area (Å²) in [5.74, 6) is -1.75. The molecule has 0 saturated heterocycles. The Kier molecular flexibility index (Phi) is 4.67. The van der Waals surface area contributed by atoms with Crippen molar-refractivity contribution in [1.82, 2.24) is 20.5 Å². The van der Waals surface area contributed by atoms with Gasteiger partial charge >= 0.3 is 6.18 Å². The van der Waals surface area contributed by atoms with Crippen LogP contribution in [0.3, 0.4) is 0 Å². The number of halogens is 4. The molecule has 124 valence electrons. The van der Waals surface area contributed by atoms with Crippen molar-refractivity contribution in [3.05, 3.63) is 46.8 Å². The van der Waals surface area contributed by atoms with E-state index in [4.69, 9.17) is 0 Å². The predicted molar refractivity (Wildman–Crippen MR) is 73.0 cm³/mol. The Morgan fingerprint density at radius 3 is 2.61 bits per heavy atom. The molecule has 1 atom stereocenters. The number of aromatic nitrogens is 3. The largest absolute Gasteiger partial charge is 0.419 e. The number of H-pyrrole nitrogens is 1. The second-order valence-corrected chi connectivity index (χ2v) is 4.88. The third kappa shape index (κ3) is 3.66. The first kappa shape index (κ1) is 16.9. The SMILES string of the molecule is CC[C@H](NC(=O)c1cccc(C(F)(F)F)c1F)c1n[nH]c(C)n1. The Morgan fingerprint density at radius 1 is 1.39 bits per heavy atom. The molecule has 0 fully saturated rings. The van der Waals surface area contributed by atoms with Crippen molar-refractivity contribution in [1.29, 1.82) is 0 Å². The van der Waals surface area contributed by atoms with Crippen LogP contribution in [0.15, 0.2) is 18.2 Å². The van der Waals surface area contributed by atoms with Gasteiger partial charge in [-0.3, -0.25) is 9.89 Å². The van der Waals surface area contributed by atoms with Gasteiger partial charge in [-0.05, 0) is 25.5 Å². The molecule has 0 aliphatic heterocycles. The van der Waals surface area contributed by atoms with Gasteiger partial charge in [0, 0.05) is 0 Å². The molecule has 2 N–H and O–H groups in total. The second-order valence-electron chi connectivity index (χ2n) is 4.88. The van der Waals surface area contributed by atoms with Crippen molar-refractivity contribution in [3.8, 4) is 0 Å². The number of alkyl halides is 3. The molecule has 1 heterocycles. The molecule has 0 spiro atoms. The lowest BCUT2D eigenvalue weighted by Crippen LogP contribution is -2.30. The molecule has 2 aromatic rings. The molecule has 0 bridgehead atoms. The summed E-state index contributed by atoms with van der Waals surface area (Å²) in [6, 6.07) is 1.93. The van der Waals surface area contributed by atoms with E-state index in [0.29, 0.717) is 18.3 Å². The smallest absolute Gasteiger partial charge is 0.342 e. The number of rotatable bonds is 4. The lowest BCUT2D eigenvalue weighted by atomic mass is 10.1. The number of carbonyl (C=O) groups is 1. The van der Waals surface area contributed by atoms with Gasteiger partial charge in [-0.15, -0.1) is 0 Å². The molecule has 2 rings (SSSR count). The standard InChI is InChI=1S/C14H14F4N4O/c1-3-10(12-19-7(2)21-22-12)20-13(23)8-5-4-6-9(11(8)15)14(16,17)18/h4-6,10H,3H2,1-2H3,(H,20,23)(H,19,21,22)/t10-/m0/s1. The molecule has 0 aliphatic rings. The summed E-state index contributed by atoms with van der Waals surface area (Å²) in [5, 5.41) is 8.93. The number of aromatic amines is 1. The van der Waals surface area contributed by atoms with E-state index in [1.54, 1.807) is 13.8 Å². The zero-order valence-corrected chi connectivity index (χ0v) is 12.3. The summed E-state index contributed by atoms with van der Waals surface area (Å²) in [7, 11) is 0. The van der Waals surface area contributed by atoms with E-state index in [9.17, 15) is 22.4 Å². The number of nitrogens with zero attached hydrogens (tertiary/aromatic N) is 2. The Balaban J connectivity index is 2.27. The molecule has 0 saturated carbocycles. The van der Waals surface area contributed by atoms with Crippen LogP contribution in [0.1, 0.15) is 47.0 Å². The molecule has 1 aromatic heterocycles. The number of nitrogens with one attached hydrogen (secondary N) is 2. The summed E-state index contributed by atoms with van der Waals surface area (Å²) in [4.78, 5) is 16.2. The highest BCUT2D eigenvalue weighted by Crippen LogP contribution is 2.32. The third-order valence-corrected chi connectivity index (χ3v) is 3.19. The van der Waals surface area contributed by atoms with Crippen LogP contribution in [-0.2, 0) is 6.18 Å². The predicted octanol–water partition coefficient (Wildman–Crippen LogP) is 3.15. The number of carbonyl (C=O) groups excluding carboxylic acids is 1. The molecule has 9 heteroatoms. The van der Waals surface area contributed by atoms with Gasteiger partial charge in [0.25, 0.3) is 5.91 Å². The third-order valence-electron chi connectivity index (χ3n) is 3.19. The van der Waals surface area contributed by atoms with Crippen LogP contribution < -0.4 is 5.32 Å². The zero-order valence-electron chi connectivity index (χ0n) is 12.3. The van der Waals surface area contributed by atoms with Gasteiger partial charge in [-0.1, -0.05) is 13.0 Å². The van der Waals surface area contributed by atoms with E-state index in [0.717, 1.165) is 12.1 Å². The summed E-state index contributed by atoms with van der Waals surface area (Å²) in [5.41, 5.74) is -2.16. The average molecular weight is 330 g/mol. The first-order chi connectivity index (χ1) is 10.7. The van der Waals surface area contributed by atoms with Crippen molar-refractivity contribution in [3.63, 3.8) is 0 Å². The van der Waals surface area contributed by atoms with E-state index >= 15 is 0 Å². The lowest BCUT2D eigenvalue weighted by molar-refractivity contribution is -0.140. The summed E-state index contributed by atoms with van der Waals surface area (Å²) >= 11 is 0. The topological polar surface area (TPSA) is 70.7 Å². The fourth-order valence-corrected chi connectivity index (χ4v) is 2.03. The van der Waals surface area contributed by atoms with Gasteiger partial charge in [0.15, 0.2) is 5.82 Å². The number of amides is 1. The fraction of sp³-hybridized carbons (Fsp3) is 0.357. The maximum atomic E-state index is 14.0. The summed E-state index contributed by atoms with van der Waals surface area (Å²) in [6.07, 6.45) is -4.48. The molecule has 23 heavy (non-hydrogen) atoms. The zero-order chi connectivity index (χ0) is 17.2. The molecular formula is C14H14F4N4O. The van der Waals surface area contributed by atoms with E-state index < -0.39 is 35.1 Å². The van der Waals surface area contributed by atoms with E-state index in [2.05, 4.69) is 20.5 Å². The average Bonchev–Trinajstić information content (AvgIpc) is 2.89. The van der Waals surface area contributed by atoms with Crippen molar-refractivity contribution < 1.29 is 22.4 Å². The van der Waals surface area contributed by atoms with Crippen molar-refractivity contribution in [2.45, 2.75) is 32.5 Å². The van der Waals surface area contributed by atoms with Crippen LogP contribution in [0.25, 0.3) is 0 Å². The molecule has 0 unspecified atom stereocenters. The summed E-state index contributed by atoms with van der Waals surface area (Å²) < 4.78 is 52.0. The van der Waals surface area contributed by atoms with Gasteiger partial charge < -0.3 is 5.32 Å². The lowest BCUT2D eigenvalue weighted by Gasteiger charge is -2.15. The minimum absolute atomic E-state index is 0.283. The molecule has 1 amide bonds. The molecule has 5 nitrogen and oxygen atoms in total. The van der Waals surface area contributed by atoms with Gasteiger partial charge in [-0.25, -0.2) is 9.37 Å². The normalized spacial score (nSPS) is 13.0. The minimum Gasteiger partial charge on any atom is -0.342 e.